The Kier molecular flexibility index (Phi) is 3.67. The van der Waals surface area contributed by atoms with Crippen molar-refractivity contribution < 1.29 is 26.7 Å². The van der Waals surface area contributed by atoms with Crippen LogP contribution < -0.4 is 10.2 Å². The number of hydrogen-bond donors (Lipinski definition) is 1. The molecule has 1 aromatic rings. The lowest BCUT2D eigenvalue weighted by molar-refractivity contribution is -0.274. The molecule has 0 saturated heterocycles. The molecule has 0 aromatic heterocycles. The summed E-state index contributed by atoms with van der Waals surface area (Å²) >= 11 is 0. The van der Waals surface area contributed by atoms with Crippen molar-refractivity contribution in [3.63, 3.8) is 0 Å². The molecule has 4 rings (SSSR count). The standard InChI is InChI=1S/C16H13F5N4O/c17-15(18)7-10(8-15)14-23-22-13-6-5-12(24-25(13)14)9-1-3-11(4-2-9)26-16(19,20)21/h1-6,10,14,23H,7-8H2. The minimum Gasteiger partial charge on any atom is -0.406 e. The SMILES string of the molecule is FC1(F)CC(C2NN=C3C=CC(c4ccc(OC(F)(F)F)cc4)=NN32)C1. The van der Waals surface area contributed by atoms with E-state index < -0.39 is 18.5 Å². The number of fused-ring (bicyclic) bond motifs is 1. The minimum absolute atomic E-state index is 0.234. The van der Waals surface area contributed by atoms with E-state index >= 15 is 0 Å². The summed E-state index contributed by atoms with van der Waals surface area (Å²) in [5, 5.41) is 10.0. The Hall–Kier alpha value is -2.65. The summed E-state index contributed by atoms with van der Waals surface area (Å²) in [7, 11) is 0. The molecule has 2 heterocycles. The number of alkyl halides is 5. The first kappa shape index (κ1) is 16.8. The van der Waals surface area contributed by atoms with Crippen LogP contribution in [0.4, 0.5) is 22.0 Å². The van der Waals surface area contributed by atoms with Crippen molar-refractivity contribution in [2.45, 2.75) is 31.3 Å². The largest absolute Gasteiger partial charge is 0.573 e. The van der Waals surface area contributed by atoms with Gasteiger partial charge >= 0.3 is 6.36 Å². The molecular formula is C16H13F5N4O. The molecular weight excluding hydrogens is 359 g/mol. The van der Waals surface area contributed by atoms with Crippen LogP contribution in [0.5, 0.6) is 5.75 Å². The van der Waals surface area contributed by atoms with Crippen LogP contribution in [0.2, 0.25) is 0 Å². The van der Waals surface area contributed by atoms with Gasteiger partial charge in [0.05, 0.1) is 5.71 Å². The van der Waals surface area contributed by atoms with Gasteiger partial charge in [-0.1, -0.05) is 0 Å². The van der Waals surface area contributed by atoms with Gasteiger partial charge in [0.1, 0.15) is 11.9 Å². The van der Waals surface area contributed by atoms with E-state index in [1.165, 1.54) is 29.3 Å². The van der Waals surface area contributed by atoms with Crippen molar-refractivity contribution in [2.75, 3.05) is 0 Å². The molecule has 0 amide bonds. The Morgan fingerprint density at radius 1 is 1.12 bits per heavy atom. The zero-order chi connectivity index (χ0) is 18.5. The Morgan fingerprint density at radius 3 is 2.42 bits per heavy atom. The smallest absolute Gasteiger partial charge is 0.406 e. The van der Waals surface area contributed by atoms with Crippen LogP contribution in [0.15, 0.2) is 46.6 Å². The van der Waals surface area contributed by atoms with Crippen molar-refractivity contribution in [1.29, 1.82) is 0 Å². The number of amidine groups is 1. The zero-order valence-corrected chi connectivity index (χ0v) is 13.2. The Balaban J connectivity index is 1.51. The molecule has 0 bridgehead atoms. The second-order valence-electron chi connectivity index (χ2n) is 6.30. The Labute approximate surface area is 144 Å². The summed E-state index contributed by atoms with van der Waals surface area (Å²) in [6, 6.07) is 5.27. The van der Waals surface area contributed by atoms with Gasteiger partial charge in [0.25, 0.3) is 0 Å². The highest BCUT2D eigenvalue weighted by atomic mass is 19.4. The third-order valence-electron chi connectivity index (χ3n) is 4.37. The van der Waals surface area contributed by atoms with Crippen molar-refractivity contribution in [2.24, 2.45) is 16.1 Å². The van der Waals surface area contributed by atoms with Crippen molar-refractivity contribution in [1.82, 2.24) is 10.4 Å². The fraction of sp³-hybridized carbons (Fsp3) is 0.375. The number of nitrogens with zero attached hydrogens (tertiary/aromatic N) is 3. The van der Waals surface area contributed by atoms with E-state index in [0.29, 0.717) is 17.1 Å². The maximum atomic E-state index is 13.1. The summed E-state index contributed by atoms with van der Waals surface area (Å²) in [5.74, 6) is -2.76. The molecule has 1 aliphatic carbocycles. The van der Waals surface area contributed by atoms with Crippen molar-refractivity contribution in [3.8, 4) is 5.75 Å². The van der Waals surface area contributed by atoms with Gasteiger partial charge < -0.3 is 4.74 Å². The quantitative estimate of drug-likeness (QED) is 0.827. The lowest BCUT2D eigenvalue weighted by Gasteiger charge is -2.40. The molecule has 138 valence electrons. The van der Waals surface area contributed by atoms with Crippen LogP contribution in [0.3, 0.4) is 0 Å². The van der Waals surface area contributed by atoms with Gasteiger partial charge in [-0.05, 0) is 36.4 Å². The molecule has 1 unspecified atom stereocenters. The van der Waals surface area contributed by atoms with E-state index in [9.17, 15) is 22.0 Å². The van der Waals surface area contributed by atoms with E-state index in [2.05, 4.69) is 20.4 Å². The Morgan fingerprint density at radius 2 is 1.81 bits per heavy atom. The van der Waals surface area contributed by atoms with Gasteiger partial charge in [-0.2, -0.15) is 10.2 Å². The molecule has 1 N–H and O–H groups in total. The van der Waals surface area contributed by atoms with Gasteiger partial charge in [-0.3, -0.25) is 5.43 Å². The molecule has 5 nitrogen and oxygen atoms in total. The van der Waals surface area contributed by atoms with E-state index in [1.54, 1.807) is 12.2 Å². The van der Waals surface area contributed by atoms with Crippen LogP contribution in [-0.2, 0) is 0 Å². The molecule has 1 aromatic carbocycles. The van der Waals surface area contributed by atoms with Gasteiger partial charge in [0, 0.05) is 24.3 Å². The second-order valence-corrected chi connectivity index (χ2v) is 6.30. The van der Waals surface area contributed by atoms with E-state index in [-0.39, 0.29) is 24.5 Å². The van der Waals surface area contributed by atoms with E-state index in [4.69, 9.17) is 0 Å². The number of hydrogen-bond acceptors (Lipinski definition) is 5. The third-order valence-corrected chi connectivity index (χ3v) is 4.37. The number of hydrazone groups is 2. The predicted molar refractivity (Wildman–Crippen MR) is 82.7 cm³/mol. The molecule has 26 heavy (non-hydrogen) atoms. The molecule has 1 fully saturated rings. The average molecular weight is 372 g/mol. The maximum Gasteiger partial charge on any atom is 0.573 e. The summed E-state index contributed by atoms with van der Waals surface area (Å²) in [6.07, 6.45) is -2.35. The number of rotatable bonds is 3. The monoisotopic (exact) mass is 372 g/mol. The van der Waals surface area contributed by atoms with Gasteiger partial charge in [0.15, 0.2) is 5.84 Å². The first-order valence-electron chi connectivity index (χ1n) is 7.83. The van der Waals surface area contributed by atoms with Crippen LogP contribution in [0.25, 0.3) is 0 Å². The van der Waals surface area contributed by atoms with Crippen LogP contribution in [-0.4, -0.2) is 35.0 Å². The first-order chi connectivity index (χ1) is 12.2. The molecule has 10 heteroatoms. The van der Waals surface area contributed by atoms with Crippen LogP contribution in [0.1, 0.15) is 18.4 Å². The minimum atomic E-state index is -4.76. The highest BCUT2D eigenvalue weighted by molar-refractivity contribution is 6.14. The second kappa shape index (κ2) is 5.68. The molecule has 1 atom stereocenters. The summed E-state index contributed by atoms with van der Waals surface area (Å²) in [6.45, 7) is 0. The molecule has 0 radical (unpaired) electrons. The fourth-order valence-corrected chi connectivity index (χ4v) is 3.13. The molecule has 3 aliphatic rings. The number of allylic oxidation sites excluding steroid dienone is 1. The lowest BCUT2D eigenvalue weighted by atomic mass is 9.79. The van der Waals surface area contributed by atoms with Crippen molar-refractivity contribution >= 4 is 11.5 Å². The summed E-state index contributed by atoms with van der Waals surface area (Å²) in [5.41, 5.74) is 3.88. The van der Waals surface area contributed by atoms with E-state index in [0.717, 1.165) is 0 Å². The molecule has 2 aliphatic heterocycles. The van der Waals surface area contributed by atoms with Gasteiger partial charge in [-0.15, -0.1) is 13.2 Å². The van der Waals surface area contributed by atoms with Crippen LogP contribution >= 0.6 is 0 Å². The highest BCUT2D eigenvalue weighted by Crippen LogP contribution is 2.45. The van der Waals surface area contributed by atoms with Gasteiger partial charge in [-0.25, -0.2) is 13.8 Å². The predicted octanol–water partition coefficient (Wildman–Crippen LogP) is 3.45. The number of halogens is 5. The summed E-state index contributed by atoms with van der Waals surface area (Å²) < 4.78 is 66.8. The maximum absolute atomic E-state index is 13.1. The van der Waals surface area contributed by atoms with E-state index in [1.807, 2.05) is 0 Å². The first-order valence-corrected chi connectivity index (χ1v) is 7.83. The third kappa shape index (κ3) is 3.23. The fourth-order valence-electron chi connectivity index (χ4n) is 3.13. The average Bonchev–Trinajstić information content (AvgIpc) is 2.94. The number of benzene rings is 1. The number of nitrogens with one attached hydrogen (secondary N) is 1. The Bertz CT molecular complexity index is 792. The van der Waals surface area contributed by atoms with Crippen molar-refractivity contribution in [3.05, 3.63) is 42.0 Å². The van der Waals surface area contributed by atoms with Crippen LogP contribution in [0, 0.1) is 5.92 Å². The summed E-state index contributed by atoms with van der Waals surface area (Å²) in [4.78, 5) is 0. The molecule has 0 spiro atoms. The normalized spacial score (nSPS) is 24.3. The number of ether oxygens (including phenoxy) is 1. The molecule has 1 saturated carbocycles. The topological polar surface area (TPSA) is 49.2 Å². The highest BCUT2D eigenvalue weighted by Gasteiger charge is 2.52. The lowest BCUT2D eigenvalue weighted by Crippen LogP contribution is -2.51. The zero-order valence-electron chi connectivity index (χ0n) is 13.2. The van der Waals surface area contributed by atoms with Gasteiger partial charge in [0.2, 0.25) is 5.92 Å².